The van der Waals surface area contributed by atoms with Crippen LogP contribution in [0.5, 0.6) is 0 Å². The van der Waals surface area contributed by atoms with E-state index in [0.717, 1.165) is 12.1 Å². The minimum Gasteiger partial charge on any atom is -0.388 e. The fourth-order valence-electron chi connectivity index (χ4n) is 2.37. The largest absolute Gasteiger partial charge is 0.388 e. The number of hydrogen-bond donors (Lipinski definition) is 4. The zero-order valence-corrected chi connectivity index (χ0v) is 12.0. The van der Waals surface area contributed by atoms with Gasteiger partial charge in [-0.15, -0.1) is 0 Å². The summed E-state index contributed by atoms with van der Waals surface area (Å²) in [7, 11) is 0. The van der Waals surface area contributed by atoms with Crippen LogP contribution < -0.4 is 10.6 Å². The molecule has 0 unspecified atom stereocenters. The lowest BCUT2D eigenvalue weighted by Crippen LogP contribution is -2.42. The summed E-state index contributed by atoms with van der Waals surface area (Å²) >= 11 is 0. The number of hydrogen-bond acceptors (Lipinski definition) is 7. The quantitative estimate of drug-likeness (QED) is 0.643. The fraction of sp³-hybridized carbons (Fsp3) is 0.615. The molecule has 8 nitrogen and oxygen atoms in total. The van der Waals surface area contributed by atoms with Gasteiger partial charge in [0.25, 0.3) is 0 Å². The van der Waals surface area contributed by atoms with Crippen LogP contribution in [0.3, 0.4) is 0 Å². The van der Waals surface area contributed by atoms with E-state index in [4.69, 9.17) is 4.74 Å². The maximum absolute atomic E-state index is 10.5. The third-order valence-electron chi connectivity index (χ3n) is 3.63. The van der Waals surface area contributed by atoms with Gasteiger partial charge < -0.3 is 25.5 Å². The first-order valence-corrected chi connectivity index (χ1v) is 7.19. The van der Waals surface area contributed by atoms with E-state index in [1.54, 1.807) is 6.33 Å². The molecule has 0 spiro atoms. The highest BCUT2D eigenvalue weighted by atomic mass is 16.5. The monoisotopic (exact) mass is 292 g/mol. The van der Waals surface area contributed by atoms with Crippen LogP contribution in [0.4, 0.5) is 11.8 Å². The van der Waals surface area contributed by atoms with Crippen molar-refractivity contribution in [3.05, 3.63) is 6.33 Å². The second kappa shape index (κ2) is 5.82. The molecule has 0 saturated carbocycles. The van der Waals surface area contributed by atoms with Crippen LogP contribution in [0.25, 0.3) is 11.2 Å². The molecular weight excluding hydrogens is 272 g/mol. The van der Waals surface area contributed by atoms with Gasteiger partial charge in [-0.1, -0.05) is 0 Å². The van der Waals surface area contributed by atoms with E-state index >= 15 is 0 Å². The average Bonchev–Trinajstić information content (AvgIpc) is 2.94. The van der Waals surface area contributed by atoms with Crippen molar-refractivity contribution in [1.82, 2.24) is 19.9 Å². The van der Waals surface area contributed by atoms with Crippen molar-refractivity contribution in [1.29, 1.82) is 0 Å². The summed E-state index contributed by atoms with van der Waals surface area (Å²) in [6.45, 7) is 4.31. The number of H-pyrrole nitrogens is 1. The molecule has 1 saturated heterocycles. The lowest BCUT2D eigenvalue weighted by molar-refractivity contribution is -0.0543. The third kappa shape index (κ3) is 3.06. The Labute approximate surface area is 122 Å². The van der Waals surface area contributed by atoms with Crippen molar-refractivity contribution in [2.45, 2.75) is 25.4 Å². The average molecular weight is 292 g/mol. The van der Waals surface area contributed by atoms with Crippen molar-refractivity contribution in [2.75, 3.05) is 36.9 Å². The van der Waals surface area contributed by atoms with Gasteiger partial charge in [-0.2, -0.15) is 9.97 Å². The van der Waals surface area contributed by atoms with Crippen LogP contribution in [-0.4, -0.2) is 56.9 Å². The number of ether oxygens (including phenoxy) is 1. The van der Waals surface area contributed by atoms with E-state index in [1.165, 1.54) is 0 Å². The number of nitrogens with zero attached hydrogens (tertiary/aromatic N) is 3. The number of imidazole rings is 1. The zero-order valence-electron chi connectivity index (χ0n) is 12.0. The Morgan fingerprint density at radius 2 is 2.14 bits per heavy atom. The Morgan fingerprint density at radius 1 is 1.33 bits per heavy atom. The van der Waals surface area contributed by atoms with Gasteiger partial charge in [0.2, 0.25) is 5.95 Å². The molecule has 114 valence electrons. The number of aromatic nitrogens is 4. The molecule has 3 rings (SSSR count). The van der Waals surface area contributed by atoms with Gasteiger partial charge in [-0.3, -0.25) is 0 Å². The van der Waals surface area contributed by atoms with Crippen LogP contribution in [0.1, 0.15) is 19.8 Å². The van der Waals surface area contributed by atoms with Gasteiger partial charge in [0, 0.05) is 39.1 Å². The molecule has 4 N–H and O–H groups in total. The number of fused-ring (bicyclic) bond motifs is 1. The predicted octanol–water partition coefficient (Wildman–Crippen LogP) is 0.738. The van der Waals surface area contributed by atoms with E-state index in [0.29, 0.717) is 50.0 Å². The number of nitrogens with one attached hydrogen (secondary N) is 3. The number of rotatable bonds is 5. The second-order valence-corrected chi connectivity index (χ2v) is 5.22. The standard InChI is InChI=1S/C13H20N6O2/c1-2-14-12-18-10(9-11(19-12)17-8-16-9)15-7-13(20)3-5-21-6-4-13/h8,20H,2-7H2,1H3,(H3,14,15,16,17,18,19). The summed E-state index contributed by atoms with van der Waals surface area (Å²) in [6, 6.07) is 0. The molecule has 0 bridgehead atoms. The Bertz CT molecular complexity index is 608. The highest BCUT2D eigenvalue weighted by Gasteiger charge is 2.30. The molecule has 8 heteroatoms. The van der Waals surface area contributed by atoms with Gasteiger partial charge in [0.1, 0.15) is 5.52 Å². The van der Waals surface area contributed by atoms with E-state index < -0.39 is 5.60 Å². The van der Waals surface area contributed by atoms with Gasteiger partial charge in [-0.25, -0.2) is 4.98 Å². The smallest absolute Gasteiger partial charge is 0.226 e. The van der Waals surface area contributed by atoms with Gasteiger partial charge in [0.15, 0.2) is 11.5 Å². The molecule has 0 aromatic carbocycles. The number of aliphatic hydroxyl groups is 1. The maximum Gasteiger partial charge on any atom is 0.226 e. The Balaban J connectivity index is 1.80. The van der Waals surface area contributed by atoms with Crippen molar-refractivity contribution < 1.29 is 9.84 Å². The third-order valence-corrected chi connectivity index (χ3v) is 3.63. The first-order valence-electron chi connectivity index (χ1n) is 7.19. The molecule has 1 aliphatic rings. The van der Waals surface area contributed by atoms with Crippen LogP contribution in [-0.2, 0) is 4.74 Å². The van der Waals surface area contributed by atoms with Crippen molar-refractivity contribution in [2.24, 2.45) is 0 Å². The molecule has 1 fully saturated rings. The van der Waals surface area contributed by atoms with Crippen LogP contribution in [0, 0.1) is 0 Å². The Morgan fingerprint density at radius 3 is 2.90 bits per heavy atom. The first-order chi connectivity index (χ1) is 10.2. The molecule has 0 aliphatic carbocycles. The van der Waals surface area contributed by atoms with E-state index in [2.05, 4.69) is 30.6 Å². The van der Waals surface area contributed by atoms with E-state index in [-0.39, 0.29) is 0 Å². The maximum atomic E-state index is 10.5. The summed E-state index contributed by atoms with van der Waals surface area (Å²) in [5, 5.41) is 16.8. The summed E-state index contributed by atoms with van der Waals surface area (Å²) in [5.41, 5.74) is 0.586. The van der Waals surface area contributed by atoms with Crippen molar-refractivity contribution >= 4 is 22.9 Å². The molecule has 0 atom stereocenters. The van der Waals surface area contributed by atoms with Crippen LogP contribution >= 0.6 is 0 Å². The highest BCUT2D eigenvalue weighted by Crippen LogP contribution is 2.23. The highest BCUT2D eigenvalue weighted by molar-refractivity contribution is 5.83. The molecular formula is C13H20N6O2. The van der Waals surface area contributed by atoms with Gasteiger partial charge in [0.05, 0.1) is 11.9 Å². The molecule has 0 radical (unpaired) electrons. The Kier molecular flexibility index (Phi) is 3.89. The van der Waals surface area contributed by atoms with Crippen LogP contribution in [0.2, 0.25) is 0 Å². The molecule has 3 heterocycles. The van der Waals surface area contributed by atoms with Gasteiger partial charge in [-0.05, 0) is 6.92 Å². The zero-order chi connectivity index (χ0) is 14.7. The minimum atomic E-state index is -0.756. The lowest BCUT2D eigenvalue weighted by atomic mass is 9.94. The molecule has 2 aromatic heterocycles. The molecule has 2 aromatic rings. The fourth-order valence-corrected chi connectivity index (χ4v) is 2.37. The molecule has 0 amide bonds. The van der Waals surface area contributed by atoms with Crippen LogP contribution in [0.15, 0.2) is 6.33 Å². The summed E-state index contributed by atoms with van der Waals surface area (Å²) in [6.07, 6.45) is 2.83. The van der Waals surface area contributed by atoms with E-state index in [1.807, 2.05) is 6.92 Å². The topological polar surface area (TPSA) is 108 Å². The predicted molar refractivity (Wildman–Crippen MR) is 79.3 cm³/mol. The second-order valence-electron chi connectivity index (χ2n) is 5.22. The minimum absolute atomic E-state index is 0.424. The van der Waals surface area contributed by atoms with Crippen molar-refractivity contribution in [3.63, 3.8) is 0 Å². The summed E-state index contributed by atoms with van der Waals surface area (Å²) in [4.78, 5) is 15.9. The molecule has 21 heavy (non-hydrogen) atoms. The van der Waals surface area contributed by atoms with E-state index in [9.17, 15) is 5.11 Å². The molecule has 1 aliphatic heterocycles. The SMILES string of the molecule is CCNc1nc(NCC2(O)CCOCC2)c2[nH]cnc2n1. The van der Waals surface area contributed by atoms with Gasteiger partial charge >= 0.3 is 0 Å². The number of aromatic amines is 1. The number of anilines is 2. The first kappa shape index (κ1) is 14.0. The lowest BCUT2D eigenvalue weighted by Gasteiger charge is -2.32. The normalized spacial score (nSPS) is 17.8. The summed E-state index contributed by atoms with van der Waals surface area (Å²) in [5.74, 6) is 1.17. The Hall–Kier alpha value is -1.93. The van der Waals surface area contributed by atoms with Crippen molar-refractivity contribution in [3.8, 4) is 0 Å². The summed E-state index contributed by atoms with van der Waals surface area (Å²) < 4.78 is 5.29.